The van der Waals surface area contributed by atoms with Gasteiger partial charge in [-0.1, -0.05) is 60.7 Å². The van der Waals surface area contributed by atoms with Gasteiger partial charge in [0.2, 0.25) is 0 Å². The van der Waals surface area contributed by atoms with Gasteiger partial charge >= 0.3 is 0 Å². The van der Waals surface area contributed by atoms with E-state index in [0.29, 0.717) is 0 Å². The summed E-state index contributed by atoms with van der Waals surface area (Å²) in [6, 6.07) is 1.51. The van der Waals surface area contributed by atoms with E-state index in [1.54, 1.807) is 0 Å². The number of rotatable bonds is 2. The number of furan rings is 1. The van der Waals surface area contributed by atoms with Crippen LogP contribution in [0.4, 0.5) is 0 Å². The van der Waals surface area contributed by atoms with Crippen molar-refractivity contribution in [3.63, 3.8) is 0 Å². The Morgan fingerprint density at radius 2 is 0.569 bits per heavy atom. The van der Waals surface area contributed by atoms with Crippen LogP contribution in [0.25, 0.3) is 76.5 Å². The minimum Gasteiger partial charge on any atom is -0.456 e. The molecule has 0 spiro atoms. The molecule has 0 amide bonds. The third kappa shape index (κ3) is 5.14. The summed E-state index contributed by atoms with van der Waals surface area (Å²) in [6.45, 7) is 0. The summed E-state index contributed by atoms with van der Waals surface area (Å²) in [6.07, 6.45) is 0. The molecule has 1 nitrogen and oxygen atoms in total. The second-order valence-corrected chi connectivity index (χ2v) is 14.2. The second-order valence-electron chi connectivity index (χ2n) is 14.2. The fourth-order valence-electron chi connectivity index (χ4n) is 8.17. The van der Waals surface area contributed by atoms with Crippen LogP contribution in [0, 0.1) is 0 Å². The highest BCUT2D eigenvalue weighted by atomic mass is 16.3. The summed E-state index contributed by atoms with van der Waals surface area (Å²) in [4.78, 5) is 0. The lowest BCUT2D eigenvalue weighted by Crippen LogP contribution is -2.55. The normalized spacial score (nSPS) is 11.9. The zero-order chi connectivity index (χ0) is 42.6. The van der Waals surface area contributed by atoms with Crippen molar-refractivity contribution in [1.82, 2.24) is 0 Å². The highest BCUT2D eigenvalue weighted by Crippen LogP contribution is 2.42. The van der Waals surface area contributed by atoms with E-state index in [0.717, 1.165) is 0 Å². The molecule has 0 atom stereocenters. The van der Waals surface area contributed by atoms with Crippen molar-refractivity contribution in [2.75, 3.05) is 0 Å². The molecule has 58 heavy (non-hydrogen) atoms. The summed E-state index contributed by atoms with van der Waals surface area (Å²) in [5.74, 6) is 0. The van der Waals surface area contributed by atoms with Gasteiger partial charge in [0.1, 0.15) is 176 Å². The zero-order valence-corrected chi connectivity index (χ0v) is 30.6. The molecule has 8 aromatic rings. The van der Waals surface area contributed by atoms with Gasteiger partial charge in [0.25, 0.3) is 0 Å². The van der Waals surface area contributed by atoms with Crippen molar-refractivity contribution in [2.24, 2.45) is 0 Å². The van der Waals surface area contributed by atoms with Gasteiger partial charge in [-0.05, 0) is 54.5 Å². The topological polar surface area (TPSA) is 13.1 Å². The highest BCUT2D eigenvalue weighted by Gasteiger charge is 2.30. The van der Waals surface area contributed by atoms with Crippen LogP contribution in [0.15, 0.2) is 10.5 Å². The van der Waals surface area contributed by atoms with Gasteiger partial charge in [-0.15, -0.1) is 54.6 Å². The average Bonchev–Trinajstić information content (AvgIpc) is 3.60. The molecule has 7 aromatic carbocycles. The van der Waals surface area contributed by atoms with Crippen LogP contribution in [-0.4, -0.2) is 165 Å². The van der Waals surface area contributed by atoms with E-state index < -0.39 is 0 Å². The molecule has 0 unspecified atom stereocenters. The van der Waals surface area contributed by atoms with Crippen molar-refractivity contribution < 1.29 is 4.42 Å². The Bertz CT molecular complexity index is 3270. The van der Waals surface area contributed by atoms with Crippen LogP contribution >= 0.6 is 0 Å². The molecule has 0 N–H and O–H groups in total. The number of hydrogen-bond acceptors (Lipinski definition) is 1. The molecule has 1 heterocycles. The van der Waals surface area contributed by atoms with Crippen LogP contribution in [0.5, 0.6) is 0 Å². The molecular formula is C36HB21O. The molecule has 0 saturated carbocycles. The van der Waals surface area contributed by atoms with Gasteiger partial charge in [-0.2, -0.15) is 0 Å². The largest absolute Gasteiger partial charge is 0.456 e. The Labute approximate surface area is 364 Å². The van der Waals surface area contributed by atoms with E-state index >= 15 is 0 Å². The smallest absolute Gasteiger partial charge is 0.141 e. The molecule has 22 heteroatoms. The lowest BCUT2D eigenvalue weighted by atomic mass is 9.57. The minimum atomic E-state index is -0.114. The molecule has 0 aliphatic rings. The first kappa shape index (κ1) is 41.2. The third-order valence-electron chi connectivity index (χ3n) is 11.3. The van der Waals surface area contributed by atoms with E-state index in [9.17, 15) is 0 Å². The molecule has 0 fully saturated rings. The van der Waals surface area contributed by atoms with Gasteiger partial charge in [0.15, 0.2) is 0 Å². The Morgan fingerprint density at radius 1 is 0.224 bits per heavy atom. The third-order valence-corrected chi connectivity index (χ3v) is 11.3. The molecule has 0 aliphatic heterocycles. The number of benzene rings is 7. The zero-order valence-electron chi connectivity index (χ0n) is 30.6. The first-order valence-corrected chi connectivity index (χ1v) is 17.0. The maximum atomic E-state index is 6.96. The van der Waals surface area contributed by atoms with E-state index in [-0.39, 0.29) is 191 Å². The number of fused-ring (bicyclic) bond motifs is 6. The predicted octanol–water partition coefficient (Wildman–Crippen LogP) is -15.0. The Balaban J connectivity index is 1.75. The maximum Gasteiger partial charge on any atom is 0.141 e. The molecule has 0 bridgehead atoms. The fourth-order valence-corrected chi connectivity index (χ4v) is 8.17. The Hall–Kier alpha value is -3.52. The van der Waals surface area contributed by atoms with E-state index in [1.165, 1.54) is 6.07 Å². The molecular weight excluding hydrogens is 675 g/mol. The number of hydrogen-bond donors (Lipinski definition) is 0. The summed E-state index contributed by atoms with van der Waals surface area (Å²) < 4.78 is 6.65. The standard InChI is InChI=1S/C36HB21O/c37-3-1-2-4(9-20(43)32(55)34(57)33(56)21(9)44)7-8(19(42)29(52)28(51)18(7)41)6(5(2)17(40)15(3)38)12-24(47)27(50)25(48)14-13-16(39)10-11(26(49)36(13)58-35(12)14)23(46)31(54)30(53)22(10)45/h1H. The average molecular weight is 676 g/mol. The predicted molar refractivity (Wildman–Crippen MR) is 270 cm³/mol. The van der Waals surface area contributed by atoms with Gasteiger partial charge in [0, 0.05) is 16.3 Å². The van der Waals surface area contributed by atoms with Crippen LogP contribution in [-0.2, 0) is 0 Å². The molecule has 8 rings (SSSR count). The highest BCUT2D eigenvalue weighted by molar-refractivity contribution is 6.75. The van der Waals surface area contributed by atoms with Gasteiger partial charge < -0.3 is 4.42 Å². The van der Waals surface area contributed by atoms with Gasteiger partial charge in [-0.25, -0.2) is 0 Å². The summed E-state index contributed by atoms with van der Waals surface area (Å²) in [5, 5.41) is 1.35. The monoisotopic (exact) mass is 680 g/mol. The van der Waals surface area contributed by atoms with Crippen molar-refractivity contribution >= 4 is 334 Å². The lowest BCUT2D eigenvalue weighted by molar-refractivity contribution is 0.673. The molecule has 0 aliphatic carbocycles. The fraction of sp³-hybridized carbons (Fsp3) is 0. The van der Waals surface area contributed by atoms with Crippen molar-refractivity contribution in [3.05, 3.63) is 6.07 Å². The lowest BCUT2D eigenvalue weighted by Gasteiger charge is -2.30. The first-order valence-electron chi connectivity index (χ1n) is 17.0. The summed E-state index contributed by atoms with van der Waals surface area (Å²) in [5.41, 5.74) is -0.589. The van der Waals surface area contributed by atoms with Crippen LogP contribution < -0.4 is 115 Å². The van der Waals surface area contributed by atoms with Crippen molar-refractivity contribution in [2.45, 2.75) is 0 Å². The van der Waals surface area contributed by atoms with Crippen LogP contribution in [0.1, 0.15) is 0 Å². The molecule has 0 saturated heterocycles. The summed E-state index contributed by atoms with van der Waals surface area (Å²) >= 11 is 0. The summed E-state index contributed by atoms with van der Waals surface area (Å²) in [7, 11) is 139. The van der Waals surface area contributed by atoms with Crippen molar-refractivity contribution in [3.8, 4) is 22.3 Å². The Kier molecular flexibility index (Phi) is 9.78. The van der Waals surface area contributed by atoms with Crippen molar-refractivity contribution in [1.29, 1.82) is 0 Å². The Morgan fingerprint density at radius 3 is 1.09 bits per heavy atom. The minimum absolute atomic E-state index is 0.00712. The second kappa shape index (κ2) is 13.8. The van der Waals surface area contributed by atoms with Crippen LogP contribution in [0.2, 0.25) is 0 Å². The maximum absolute atomic E-state index is 6.96. The quantitative estimate of drug-likeness (QED) is 0.131. The van der Waals surface area contributed by atoms with Gasteiger partial charge in [0.05, 0.1) is 0 Å². The van der Waals surface area contributed by atoms with E-state index in [4.69, 9.17) is 169 Å². The van der Waals surface area contributed by atoms with Crippen LogP contribution in [0.3, 0.4) is 0 Å². The first-order chi connectivity index (χ1) is 27.1. The molecule has 214 valence electrons. The van der Waals surface area contributed by atoms with Gasteiger partial charge in [-0.3, -0.25) is 0 Å². The molecule has 42 radical (unpaired) electrons. The molecule has 1 aromatic heterocycles. The van der Waals surface area contributed by atoms with E-state index in [2.05, 4.69) is 0 Å². The van der Waals surface area contributed by atoms with E-state index in [1.807, 2.05) is 0 Å². The SMILES string of the molecule is [B]c1cc2c(-c3c([B])c([B])c([B])c([B])c3[B])c3c([B])c([B])c([B])c([B])c3c(-c3c([B])c([B])c([B])c4c3oc3c([B])c5c([B])c([B])c([B])c([B])c5c([B])c34)c2c([B])c1[B].